The SMILES string of the molecule is CCCCCCCCC(=O)N[C@H](CCN)C(=O)N[C@H]1CCNC(=O)[C@H](CC(C)C)NC(=O)[C@H](CCN)NC(=O)[C@H](CCN)NC(=O)[C@H](CC(C)C)NC(=O)[C@@H](CC(C)C)NC(=O)[C@H](CCN)NC1=O. The van der Waals surface area contributed by atoms with Gasteiger partial charge in [-0.15, -0.1) is 0 Å². The lowest BCUT2D eigenvalue weighted by atomic mass is 9.99. The molecule has 22 nitrogen and oxygen atoms in total. The minimum Gasteiger partial charge on any atom is -0.354 e. The van der Waals surface area contributed by atoms with Crippen molar-refractivity contribution >= 4 is 53.2 Å². The summed E-state index contributed by atoms with van der Waals surface area (Å²) in [6, 6.07) is -9.76. The summed E-state index contributed by atoms with van der Waals surface area (Å²) in [7, 11) is 0. The van der Waals surface area contributed by atoms with Gasteiger partial charge in [-0.1, -0.05) is 80.6 Å². The molecule has 8 atom stereocenters. The number of hydrogen-bond acceptors (Lipinski definition) is 13. The first-order valence-electron chi connectivity index (χ1n) is 25.2. The summed E-state index contributed by atoms with van der Waals surface area (Å²) < 4.78 is 0. The molecule has 0 spiro atoms. The fraction of sp³-hybridized carbons (Fsp3) is 0.809. The maximum Gasteiger partial charge on any atom is 0.243 e. The van der Waals surface area contributed by atoms with Gasteiger partial charge in [-0.25, -0.2) is 0 Å². The molecule has 1 rings (SSSR count). The van der Waals surface area contributed by atoms with Gasteiger partial charge >= 0.3 is 0 Å². The molecule has 22 heteroatoms. The lowest BCUT2D eigenvalue weighted by molar-refractivity contribution is -0.136. The number of carbonyl (C=O) groups excluding carboxylic acids is 9. The van der Waals surface area contributed by atoms with Gasteiger partial charge in [-0.05, 0) is 102 Å². The zero-order valence-corrected chi connectivity index (χ0v) is 42.5. The third kappa shape index (κ3) is 25.0. The smallest absolute Gasteiger partial charge is 0.243 e. The Morgan fingerprint density at radius 3 is 1.30 bits per heavy atom. The maximum absolute atomic E-state index is 14.2. The molecule has 0 aliphatic carbocycles. The van der Waals surface area contributed by atoms with Crippen molar-refractivity contribution < 1.29 is 43.2 Å². The Morgan fingerprint density at radius 2 is 0.899 bits per heavy atom. The van der Waals surface area contributed by atoms with Gasteiger partial charge in [0.1, 0.15) is 48.3 Å². The van der Waals surface area contributed by atoms with Crippen LogP contribution in [0.25, 0.3) is 0 Å². The summed E-state index contributed by atoms with van der Waals surface area (Å²) in [6.07, 6.45) is 6.06. The second kappa shape index (κ2) is 34.4. The lowest BCUT2D eigenvalue weighted by Crippen LogP contribution is -2.60. The number of amides is 9. The molecule has 17 N–H and O–H groups in total. The van der Waals surface area contributed by atoms with Crippen LogP contribution in [0.3, 0.4) is 0 Å². The Labute approximate surface area is 409 Å². The molecule has 1 heterocycles. The highest BCUT2D eigenvalue weighted by Gasteiger charge is 2.35. The number of rotatable bonds is 24. The molecule has 0 aromatic heterocycles. The van der Waals surface area contributed by atoms with Crippen molar-refractivity contribution in [2.75, 3.05) is 32.7 Å². The fourth-order valence-electron chi connectivity index (χ4n) is 7.82. The molecule has 0 radical (unpaired) electrons. The van der Waals surface area contributed by atoms with Gasteiger partial charge in [0, 0.05) is 13.0 Å². The fourth-order valence-corrected chi connectivity index (χ4v) is 7.82. The highest BCUT2D eigenvalue weighted by Crippen LogP contribution is 2.13. The summed E-state index contributed by atoms with van der Waals surface area (Å²) in [5.41, 5.74) is 23.5. The Balaban J connectivity index is 3.80. The summed E-state index contributed by atoms with van der Waals surface area (Å²) in [5.74, 6) is -6.53. The minimum absolute atomic E-state index is 0.0261. The van der Waals surface area contributed by atoms with Crippen LogP contribution in [-0.4, -0.2) is 134 Å². The Morgan fingerprint density at radius 1 is 0.522 bits per heavy atom. The van der Waals surface area contributed by atoms with E-state index in [1.54, 1.807) is 0 Å². The predicted octanol–water partition coefficient (Wildman–Crippen LogP) is -1.33. The van der Waals surface area contributed by atoms with E-state index < -0.39 is 95.6 Å². The molecule has 0 saturated carbocycles. The third-order valence-corrected chi connectivity index (χ3v) is 11.5. The van der Waals surface area contributed by atoms with Crippen LogP contribution in [0.5, 0.6) is 0 Å². The van der Waals surface area contributed by atoms with Gasteiger partial charge in [0.05, 0.1) is 0 Å². The molecular weight excluding hydrogens is 891 g/mol. The van der Waals surface area contributed by atoms with Crippen LogP contribution < -0.4 is 70.8 Å². The van der Waals surface area contributed by atoms with E-state index >= 15 is 0 Å². The van der Waals surface area contributed by atoms with E-state index in [1.807, 2.05) is 41.5 Å². The van der Waals surface area contributed by atoms with Crippen LogP contribution in [0.1, 0.15) is 145 Å². The van der Waals surface area contributed by atoms with Crippen molar-refractivity contribution in [3.63, 3.8) is 0 Å². The zero-order valence-electron chi connectivity index (χ0n) is 42.5. The molecule has 9 amide bonds. The minimum atomic E-state index is -1.39. The van der Waals surface area contributed by atoms with Crippen molar-refractivity contribution in [2.45, 2.75) is 193 Å². The first-order chi connectivity index (χ1) is 32.7. The van der Waals surface area contributed by atoms with Crippen LogP contribution >= 0.6 is 0 Å². The molecule has 1 saturated heterocycles. The molecular formula is C47H89N13O9. The van der Waals surface area contributed by atoms with Gasteiger partial charge in [-0.2, -0.15) is 0 Å². The summed E-state index contributed by atoms with van der Waals surface area (Å²) in [4.78, 5) is 125. The average molecular weight is 980 g/mol. The highest BCUT2D eigenvalue weighted by atomic mass is 16.2. The number of unbranched alkanes of at least 4 members (excludes halogenated alkanes) is 5. The number of hydrogen-bond donors (Lipinski definition) is 13. The van der Waals surface area contributed by atoms with Crippen LogP contribution in [-0.2, 0) is 43.2 Å². The quantitative estimate of drug-likeness (QED) is 0.0500. The average Bonchev–Trinajstić information content (AvgIpc) is 3.27. The summed E-state index contributed by atoms with van der Waals surface area (Å²) >= 11 is 0. The Kier molecular flexibility index (Phi) is 30.9. The van der Waals surface area contributed by atoms with Gasteiger partial charge < -0.3 is 70.8 Å². The second-order valence-corrected chi connectivity index (χ2v) is 19.3. The van der Waals surface area contributed by atoms with E-state index in [0.717, 1.165) is 32.1 Å². The van der Waals surface area contributed by atoms with Gasteiger partial charge in [0.15, 0.2) is 0 Å². The molecule has 1 aliphatic heterocycles. The first-order valence-corrected chi connectivity index (χ1v) is 25.2. The standard InChI is InChI=1S/C47H89N13O9/c1-8-9-10-11-12-13-14-39(61)53-31(15-20-48)41(63)57-35-19-24-52-40(62)36(25-28(2)3)58-43(65)33(17-22-50)54-42(64)32(16-21-49)56-46(68)37(26-29(4)5)60-47(69)38(27-30(6)7)59-44(66)34(18-23-51)55-45(35)67/h28-38H,8-27,48-51H2,1-7H3,(H,52,62)(H,53,61)(H,54,64)(H,55,67)(H,56,68)(H,57,63)(H,58,65)(H,59,66)(H,60,69)/t31-,32+,33+,34+,35+,36+,37+,38-/m1/s1. The Bertz CT molecular complexity index is 1630. The molecule has 0 bridgehead atoms. The Hall–Kier alpha value is -4.93. The van der Waals surface area contributed by atoms with Crippen LogP contribution in [0, 0.1) is 17.8 Å². The van der Waals surface area contributed by atoms with Crippen molar-refractivity contribution in [2.24, 2.45) is 40.7 Å². The van der Waals surface area contributed by atoms with Gasteiger partial charge in [-0.3, -0.25) is 43.2 Å². The topological polar surface area (TPSA) is 366 Å². The molecule has 69 heavy (non-hydrogen) atoms. The number of nitrogens with one attached hydrogen (secondary N) is 9. The summed E-state index contributed by atoms with van der Waals surface area (Å²) in [6.45, 7) is 12.8. The second-order valence-electron chi connectivity index (χ2n) is 19.3. The zero-order chi connectivity index (χ0) is 52.1. The van der Waals surface area contributed by atoms with Crippen LogP contribution in [0.15, 0.2) is 0 Å². The van der Waals surface area contributed by atoms with Crippen LogP contribution in [0.4, 0.5) is 0 Å². The van der Waals surface area contributed by atoms with E-state index in [4.69, 9.17) is 22.9 Å². The molecule has 0 aromatic carbocycles. The third-order valence-electron chi connectivity index (χ3n) is 11.5. The number of carbonyl (C=O) groups is 9. The molecule has 1 aliphatic rings. The van der Waals surface area contributed by atoms with Crippen molar-refractivity contribution in [1.82, 2.24) is 47.9 Å². The molecule has 0 unspecified atom stereocenters. The van der Waals surface area contributed by atoms with Gasteiger partial charge in [0.25, 0.3) is 0 Å². The van der Waals surface area contributed by atoms with E-state index in [9.17, 15) is 43.2 Å². The van der Waals surface area contributed by atoms with Crippen molar-refractivity contribution in [1.29, 1.82) is 0 Å². The monoisotopic (exact) mass is 980 g/mol. The molecule has 0 aromatic rings. The normalized spacial score (nSPS) is 23.5. The van der Waals surface area contributed by atoms with E-state index in [0.29, 0.717) is 6.42 Å². The predicted molar refractivity (Wildman–Crippen MR) is 264 cm³/mol. The highest BCUT2D eigenvalue weighted by molar-refractivity contribution is 5.98. The number of nitrogens with two attached hydrogens (primary N) is 4. The van der Waals surface area contributed by atoms with Crippen molar-refractivity contribution in [3.8, 4) is 0 Å². The van der Waals surface area contributed by atoms with Crippen LogP contribution in [0.2, 0.25) is 0 Å². The molecule has 396 valence electrons. The summed E-state index contributed by atoms with van der Waals surface area (Å²) in [5, 5.41) is 24.3. The maximum atomic E-state index is 14.2. The van der Waals surface area contributed by atoms with Gasteiger partial charge in [0.2, 0.25) is 53.2 Å². The lowest BCUT2D eigenvalue weighted by Gasteiger charge is -2.29. The van der Waals surface area contributed by atoms with E-state index in [-0.39, 0.29) is 114 Å². The van der Waals surface area contributed by atoms with E-state index in [2.05, 4.69) is 54.8 Å². The largest absolute Gasteiger partial charge is 0.354 e. The molecule has 1 fully saturated rings. The van der Waals surface area contributed by atoms with Crippen molar-refractivity contribution in [3.05, 3.63) is 0 Å². The van der Waals surface area contributed by atoms with E-state index in [1.165, 1.54) is 0 Å². The first kappa shape index (κ1) is 62.1.